The molecule has 41 heavy (non-hydrogen) atoms. The van der Waals surface area contributed by atoms with Crippen molar-refractivity contribution < 1.29 is 27.4 Å². The van der Waals surface area contributed by atoms with Gasteiger partial charge in [-0.15, -0.1) is 0 Å². The van der Waals surface area contributed by atoms with Gasteiger partial charge in [-0.3, -0.25) is 9.78 Å². The number of amides is 1. The van der Waals surface area contributed by atoms with E-state index in [2.05, 4.69) is 20.6 Å². The van der Waals surface area contributed by atoms with Crippen molar-refractivity contribution in [2.24, 2.45) is 7.05 Å². The van der Waals surface area contributed by atoms with Gasteiger partial charge in [0.1, 0.15) is 22.9 Å². The van der Waals surface area contributed by atoms with Crippen LogP contribution in [0, 0.1) is 11.3 Å². The predicted molar refractivity (Wildman–Crippen MR) is 144 cm³/mol. The molecule has 0 radical (unpaired) electrons. The molecule has 0 unspecified atom stereocenters. The van der Waals surface area contributed by atoms with Crippen LogP contribution in [0.2, 0.25) is 0 Å². The smallest absolute Gasteiger partial charge is 0.416 e. The molecule has 5 aromatic rings. The van der Waals surface area contributed by atoms with Crippen molar-refractivity contribution in [1.82, 2.24) is 19.9 Å². The molecule has 0 saturated carbocycles. The minimum absolute atomic E-state index is 0.0394. The van der Waals surface area contributed by atoms with Gasteiger partial charge in [0.15, 0.2) is 5.75 Å². The molecule has 3 aromatic carbocycles. The van der Waals surface area contributed by atoms with E-state index in [1.54, 1.807) is 60.1 Å². The van der Waals surface area contributed by atoms with E-state index >= 15 is 0 Å². The molecule has 12 heteroatoms. The van der Waals surface area contributed by atoms with Crippen molar-refractivity contribution in [2.45, 2.75) is 6.18 Å². The highest BCUT2D eigenvalue weighted by Crippen LogP contribution is 2.38. The maximum absolute atomic E-state index is 13.5. The number of benzene rings is 3. The number of rotatable bonds is 7. The summed E-state index contributed by atoms with van der Waals surface area (Å²) in [5, 5.41) is 14.5. The van der Waals surface area contributed by atoms with Crippen molar-refractivity contribution in [1.29, 1.82) is 5.26 Å². The summed E-state index contributed by atoms with van der Waals surface area (Å²) < 4.78 is 54.1. The summed E-state index contributed by atoms with van der Waals surface area (Å²) in [6.45, 7) is 0. The van der Waals surface area contributed by atoms with Gasteiger partial charge in [0.25, 0.3) is 5.91 Å². The van der Waals surface area contributed by atoms with Crippen molar-refractivity contribution in [2.75, 3.05) is 12.4 Å². The lowest BCUT2D eigenvalue weighted by Gasteiger charge is -2.15. The monoisotopic (exact) mass is 558 g/mol. The quantitative estimate of drug-likeness (QED) is 0.233. The SMILES string of the molecule is CNC(=O)c1cc(Oc2ccc3c(c2)nc(Nc2cc(C(F)(F)F)ccc2Oc2ccc(C#N)cc2)n3C)ccn1. The Kier molecular flexibility index (Phi) is 7.18. The molecule has 0 aliphatic carbocycles. The van der Waals surface area contributed by atoms with Crippen LogP contribution in [0.3, 0.4) is 0 Å². The lowest BCUT2D eigenvalue weighted by Crippen LogP contribution is -2.18. The Hall–Kier alpha value is -5.57. The molecule has 0 aliphatic rings. The van der Waals surface area contributed by atoms with E-state index in [1.165, 1.54) is 25.4 Å². The topological polar surface area (TPSA) is 114 Å². The summed E-state index contributed by atoms with van der Waals surface area (Å²) >= 11 is 0. The number of nitrogens with zero attached hydrogens (tertiary/aromatic N) is 4. The van der Waals surface area contributed by atoms with Crippen LogP contribution in [0.5, 0.6) is 23.0 Å². The number of fused-ring (bicyclic) bond motifs is 1. The molecule has 0 atom stereocenters. The number of nitriles is 1. The molecular formula is C29H21F3N6O3. The lowest BCUT2D eigenvalue weighted by atomic mass is 10.1. The molecule has 2 N–H and O–H groups in total. The number of hydrogen-bond acceptors (Lipinski definition) is 7. The first-order valence-electron chi connectivity index (χ1n) is 12.1. The Morgan fingerprint density at radius 3 is 2.39 bits per heavy atom. The van der Waals surface area contributed by atoms with Crippen LogP contribution < -0.4 is 20.1 Å². The minimum atomic E-state index is -4.58. The molecule has 2 aromatic heterocycles. The number of carbonyl (C=O) groups is 1. The Balaban J connectivity index is 1.46. The fourth-order valence-electron chi connectivity index (χ4n) is 3.96. The summed E-state index contributed by atoms with van der Waals surface area (Å²) in [5.41, 5.74) is 0.974. The normalized spacial score (nSPS) is 11.1. The highest BCUT2D eigenvalue weighted by Gasteiger charge is 2.31. The minimum Gasteiger partial charge on any atom is -0.457 e. The van der Waals surface area contributed by atoms with Gasteiger partial charge in [0, 0.05) is 32.4 Å². The zero-order chi connectivity index (χ0) is 29.1. The van der Waals surface area contributed by atoms with E-state index in [0.29, 0.717) is 33.8 Å². The number of alkyl halides is 3. The fourth-order valence-corrected chi connectivity index (χ4v) is 3.96. The number of aromatic nitrogens is 3. The molecule has 2 heterocycles. The van der Waals surface area contributed by atoms with Crippen molar-refractivity contribution in [3.05, 3.63) is 95.8 Å². The molecule has 206 valence electrons. The molecule has 9 nitrogen and oxygen atoms in total. The maximum Gasteiger partial charge on any atom is 0.416 e. The van der Waals surface area contributed by atoms with Crippen LogP contribution in [0.4, 0.5) is 24.8 Å². The average Bonchev–Trinajstić information content (AvgIpc) is 3.27. The van der Waals surface area contributed by atoms with Gasteiger partial charge in [-0.1, -0.05) is 0 Å². The Morgan fingerprint density at radius 1 is 0.951 bits per heavy atom. The number of hydrogen-bond donors (Lipinski definition) is 2. The van der Waals surface area contributed by atoms with Crippen LogP contribution >= 0.6 is 0 Å². The summed E-state index contributed by atoms with van der Waals surface area (Å²) in [7, 11) is 3.21. The summed E-state index contributed by atoms with van der Waals surface area (Å²) in [4.78, 5) is 20.4. The first-order valence-corrected chi connectivity index (χ1v) is 12.1. The zero-order valence-corrected chi connectivity index (χ0v) is 21.7. The number of anilines is 2. The van der Waals surface area contributed by atoms with Gasteiger partial charge in [0.2, 0.25) is 5.95 Å². The Bertz CT molecular complexity index is 1790. The molecule has 0 bridgehead atoms. The van der Waals surface area contributed by atoms with Gasteiger partial charge in [-0.25, -0.2) is 4.98 Å². The number of halogens is 3. The highest BCUT2D eigenvalue weighted by atomic mass is 19.4. The standard InChI is InChI=1S/C29H21F3N6O3/c1-34-27(39)24-15-21(11-12-35-24)40-20-8-9-25-22(14-20)36-28(38(25)2)37-23-13-18(29(30,31)32)5-10-26(23)41-19-6-3-17(16-33)4-7-19/h3-15H,1-2H3,(H,34,39)(H,36,37). The Morgan fingerprint density at radius 2 is 1.68 bits per heavy atom. The largest absolute Gasteiger partial charge is 0.457 e. The molecule has 0 fully saturated rings. The molecule has 0 spiro atoms. The highest BCUT2D eigenvalue weighted by molar-refractivity contribution is 5.92. The van der Waals surface area contributed by atoms with Gasteiger partial charge in [-0.2, -0.15) is 18.4 Å². The number of imidazole rings is 1. The second kappa shape index (κ2) is 10.9. The van der Waals surface area contributed by atoms with Crippen molar-refractivity contribution in [3.8, 4) is 29.1 Å². The van der Waals surface area contributed by atoms with E-state index in [4.69, 9.17) is 14.7 Å². The predicted octanol–water partition coefficient (Wildman–Crippen LogP) is 6.55. The van der Waals surface area contributed by atoms with E-state index in [-0.39, 0.29) is 29.0 Å². The van der Waals surface area contributed by atoms with E-state index in [1.807, 2.05) is 6.07 Å². The maximum atomic E-state index is 13.5. The fraction of sp³-hybridized carbons (Fsp3) is 0.103. The molecule has 0 aliphatic heterocycles. The van der Waals surface area contributed by atoms with Gasteiger partial charge in [-0.05, 0) is 60.7 Å². The number of nitrogens with one attached hydrogen (secondary N) is 2. The number of carbonyl (C=O) groups excluding carboxylic acids is 1. The number of pyridine rings is 1. The van der Waals surface area contributed by atoms with Crippen LogP contribution in [0.15, 0.2) is 79.0 Å². The molecule has 0 saturated heterocycles. The van der Waals surface area contributed by atoms with Crippen LogP contribution in [-0.2, 0) is 13.2 Å². The third-order valence-electron chi connectivity index (χ3n) is 6.04. The third-order valence-corrected chi connectivity index (χ3v) is 6.04. The molecule has 1 amide bonds. The second-order valence-corrected chi connectivity index (χ2v) is 8.77. The van der Waals surface area contributed by atoms with Crippen LogP contribution in [-0.4, -0.2) is 27.5 Å². The molecular weight excluding hydrogens is 537 g/mol. The van der Waals surface area contributed by atoms with Crippen molar-refractivity contribution >= 4 is 28.6 Å². The summed E-state index contributed by atoms with van der Waals surface area (Å²) in [6, 6.07) is 19.5. The lowest BCUT2D eigenvalue weighted by molar-refractivity contribution is -0.137. The number of ether oxygens (including phenoxy) is 2. The second-order valence-electron chi connectivity index (χ2n) is 8.77. The first kappa shape index (κ1) is 27.0. The van der Waals surface area contributed by atoms with E-state index in [0.717, 1.165) is 12.1 Å². The van der Waals surface area contributed by atoms with E-state index in [9.17, 15) is 18.0 Å². The van der Waals surface area contributed by atoms with E-state index < -0.39 is 11.7 Å². The Labute approximate surface area is 231 Å². The third kappa shape index (κ3) is 5.89. The first-order chi connectivity index (χ1) is 19.6. The number of aryl methyl sites for hydroxylation is 1. The average molecular weight is 559 g/mol. The van der Waals surface area contributed by atoms with Gasteiger partial charge in [0.05, 0.1) is 33.9 Å². The summed E-state index contributed by atoms with van der Waals surface area (Å²) in [5.74, 6) is 1.19. The van der Waals surface area contributed by atoms with Crippen LogP contribution in [0.25, 0.3) is 11.0 Å². The summed E-state index contributed by atoms with van der Waals surface area (Å²) in [6.07, 6.45) is -3.12. The van der Waals surface area contributed by atoms with Crippen LogP contribution in [0.1, 0.15) is 21.6 Å². The zero-order valence-electron chi connectivity index (χ0n) is 21.7. The van der Waals surface area contributed by atoms with Gasteiger partial charge < -0.3 is 24.7 Å². The van der Waals surface area contributed by atoms with Gasteiger partial charge >= 0.3 is 6.18 Å². The van der Waals surface area contributed by atoms with Crippen molar-refractivity contribution in [3.63, 3.8) is 0 Å². The molecule has 5 rings (SSSR count).